The second-order valence-electron chi connectivity index (χ2n) is 4.58. The Morgan fingerprint density at radius 2 is 2.32 bits per heavy atom. The first-order valence-electron chi connectivity index (χ1n) is 5.91. The molecule has 4 nitrogen and oxygen atoms in total. The van der Waals surface area contributed by atoms with Crippen LogP contribution in [0.3, 0.4) is 0 Å². The standard InChI is InChI=1S/C14H12ClNO3/c1-7-12(15)9(14(18)10-3-2-4-19-10)5-8-6-11(17)16-13(7)8/h2-5,14,18H,6H2,1H3,(H,16,17). The lowest BCUT2D eigenvalue weighted by Gasteiger charge is -2.15. The zero-order valence-electron chi connectivity index (χ0n) is 10.2. The Hall–Kier alpha value is -1.78. The molecule has 2 N–H and O–H groups in total. The molecule has 0 radical (unpaired) electrons. The Kier molecular flexibility index (Phi) is 2.84. The van der Waals surface area contributed by atoms with E-state index in [0.717, 1.165) is 16.8 Å². The lowest BCUT2D eigenvalue weighted by atomic mass is 9.99. The van der Waals surface area contributed by atoms with Crippen molar-refractivity contribution in [3.05, 3.63) is 51.9 Å². The summed E-state index contributed by atoms with van der Waals surface area (Å²) in [5, 5.41) is 13.5. The fourth-order valence-corrected chi connectivity index (χ4v) is 2.61. The van der Waals surface area contributed by atoms with E-state index in [2.05, 4.69) is 5.32 Å². The molecule has 2 heterocycles. The third kappa shape index (κ3) is 1.93. The Labute approximate surface area is 115 Å². The molecule has 0 saturated heterocycles. The second-order valence-corrected chi connectivity index (χ2v) is 4.96. The minimum atomic E-state index is -0.929. The van der Waals surface area contributed by atoms with E-state index >= 15 is 0 Å². The highest BCUT2D eigenvalue weighted by Crippen LogP contribution is 2.38. The molecule has 1 aromatic heterocycles. The zero-order chi connectivity index (χ0) is 13.6. The normalized spacial score (nSPS) is 15.2. The Balaban J connectivity index is 2.11. The number of aliphatic hydroxyl groups is 1. The lowest BCUT2D eigenvalue weighted by molar-refractivity contribution is -0.115. The molecule has 1 amide bonds. The first kappa shape index (κ1) is 12.3. The highest BCUT2D eigenvalue weighted by molar-refractivity contribution is 6.33. The van der Waals surface area contributed by atoms with Gasteiger partial charge in [-0.1, -0.05) is 11.6 Å². The van der Waals surface area contributed by atoms with Gasteiger partial charge in [-0.3, -0.25) is 4.79 Å². The molecule has 1 aliphatic heterocycles. The van der Waals surface area contributed by atoms with Crippen LogP contribution >= 0.6 is 11.6 Å². The molecule has 0 spiro atoms. The maximum atomic E-state index is 11.4. The van der Waals surface area contributed by atoms with Crippen molar-refractivity contribution in [2.24, 2.45) is 0 Å². The van der Waals surface area contributed by atoms with Crippen LogP contribution in [0.5, 0.6) is 0 Å². The van der Waals surface area contributed by atoms with Crippen molar-refractivity contribution in [3.8, 4) is 0 Å². The van der Waals surface area contributed by atoms with Crippen LogP contribution in [0.25, 0.3) is 0 Å². The van der Waals surface area contributed by atoms with Crippen LogP contribution in [0.15, 0.2) is 28.9 Å². The van der Waals surface area contributed by atoms with Gasteiger partial charge in [-0.25, -0.2) is 0 Å². The minimum Gasteiger partial charge on any atom is -0.466 e. The molecule has 1 unspecified atom stereocenters. The third-order valence-electron chi connectivity index (χ3n) is 3.33. The minimum absolute atomic E-state index is 0.0567. The molecule has 0 fully saturated rings. The van der Waals surface area contributed by atoms with Gasteiger partial charge in [-0.2, -0.15) is 0 Å². The number of hydrogen-bond donors (Lipinski definition) is 2. The predicted molar refractivity (Wildman–Crippen MR) is 71.3 cm³/mol. The van der Waals surface area contributed by atoms with Crippen LogP contribution in [0.4, 0.5) is 5.69 Å². The van der Waals surface area contributed by atoms with Crippen LogP contribution in [0.2, 0.25) is 5.02 Å². The van der Waals surface area contributed by atoms with Gasteiger partial charge in [0.05, 0.1) is 17.7 Å². The first-order valence-corrected chi connectivity index (χ1v) is 6.29. The van der Waals surface area contributed by atoms with Crippen LogP contribution in [-0.4, -0.2) is 11.0 Å². The lowest BCUT2D eigenvalue weighted by Crippen LogP contribution is -2.04. The van der Waals surface area contributed by atoms with Crippen molar-refractivity contribution in [1.82, 2.24) is 0 Å². The highest BCUT2D eigenvalue weighted by Gasteiger charge is 2.26. The van der Waals surface area contributed by atoms with Crippen molar-refractivity contribution in [2.75, 3.05) is 5.32 Å². The van der Waals surface area contributed by atoms with Gasteiger partial charge in [-0.15, -0.1) is 0 Å². The fourth-order valence-electron chi connectivity index (χ4n) is 2.36. The number of hydrogen-bond acceptors (Lipinski definition) is 3. The predicted octanol–water partition coefficient (Wildman–Crippen LogP) is 2.82. The zero-order valence-corrected chi connectivity index (χ0v) is 11.0. The van der Waals surface area contributed by atoms with Crippen molar-refractivity contribution in [2.45, 2.75) is 19.4 Å². The van der Waals surface area contributed by atoms with Gasteiger partial charge < -0.3 is 14.8 Å². The molecule has 5 heteroatoms. The van der Waals surface area contributed by atoms with Crippen molar-refractivity contribution >= 4 is 23.2 Å². The Morgan fingerprint density at radius 3 is 3.00 bits per heavy atom. The molecule has 1 atom stereocenters. The number of furan rings is 1. The molecule has 0 saturated carbocycles. The molecular weight excluding hydrogens is 266 g/mol. The van der Waals surface area contributed by atoms with E-state index in [-0.39, 0.29) is 5.91 Å². The number of halogens is 1. The van der Waals surface area contributed by atoms with Gasteiger partial charge in [0.1, 0.15) is 11.9 Å². The summed E-state index contributed by atoms with van der Waals surface area (Å²) in [6.45, 7) is 1.82. The molecule has 2 aromatic rings. The van der Waals surface area contributed by atoms with Gasteiger partial charge in [0.25, 0.3) is 0 Å². The smallest absolute Gasteiger partial charge is 0.228 e. The topological polar surface area (TPSA) is 62.5 Å². The fraction of sp³-hybridized carbons (Fsp3) is 0.214. The van der Waals surface area contributed by atoms with Crippen LogP contribution < -0.4 is 5.32 Å². The van der Waals surface area contributed by atoms with E-state index in [0.29, 0.717) is 22.8 Å². The van der Waals surface area contributed by atoms with Gasteiger partial charge in [0.2, 0.25) is 5.91 Å². The number of benzene rings is 1. The monoisotopic (exact) mass is 277 g/mol. The maximum Gasteiger partial charge on any atom is 0.228 e. The summed E-state index contributed by atoms with van der Waals surface area (Å²) in [5.74, 6) is 0.373. The number of carbonyl (C=O) groups excluding carboxylic acids is 1. The van der Waals surface area contributed by atoms with E-state index in [1.165, 1.54) is 6.26 Å². The molecule has 1 aliphatic rings. The summed E-state index contributed by atoms with van der Waals surface area (Å²) < 4.78 is 5.19. The van der Waals surface area contributed by atoms with Gasteiger partial charge >= 0.3 is 0 Å². The quantitative estimate of drug-likeness (QED) is 0.887. The summed E-state index contributed by atoms with van der Waals surface area (Å²) in [6.07, 6.45) is 0.880. The van der Waals surface area contributed by atoms with E-state index in [1.807, 2.05) is 6.92 Å². The number of carbonyl (C=O) groups is 1. The molecule has 0 aliphatic carbocycles. The summed E-state index contributed by atoms with van der Waals surface area (Å²) in [6, 6.07) is 5.15. The van der Waals surface area contributed by atoms with Gasteiger partial charge in [-0.05, 0) is 36.2 Å². The average Bonchev–Trinajstić information content (AvgIpc) is 3.01. The molecule has 0 bridgehead atoms. The van der Waals surface area contributed by atoms with Crippen LogP contribution in [0.1, 0.15) is 28.6 Å². The molecular formula is C14H12ClNO3. The first-order chi connectivity index (χ1) is 9.08. The van der Waals surface area contributed by atoms with E-state index in [1.54, 1.807) is 18.2 Å². The van der Waals surface area contributed by atoms with Crippen LogP contribution in [-0.2, 0) is 11.2 Å². The number of amides is 1. The van der Waals surface area contributed by atoms with E-state index in [4.69, 9.17) is 16.0 Å². The average molecular weight is 278 g/mol. The van der Waals surface area contributed by atoms with E-state index < -0.39 is 6.10 Å². The SMILES string of the molecule is Cc1c(Cl)c(C(O)c2ccco2)cc2c1NC(=O)C2. The number of rotatable bonds is 2. The summed E-state index contributed by atoms with van der Waals surface area (Å²) in [5.41, 5.74) is 2.94. The molecule has 98 valence electrons. The molecule has 1 aromatic carbocycles. The number of aliphatic hydroxyl groups excluding tert-OH is 1. The van der Waals surface area contributed by atoms with Gasteiger partial charge in [0.15, 0.2) is 0 Å². The number of fused-ring (bicyclic) bond motifs is 1. The number of anilines is 1. The summed E-state index contributed by atoms with van der Waals surface area (Å²) in [7, 11) is 0. The Morgan fingerprint density at radius 1 is 1.53 bits per heavy atom. The van der Waals surface area contributed by atoms with E-state index in [9.17, 15) is 9.90 Å². The van der Waals surface area contributed by atoms with Crippen molar-refractivity contribution in [1.29, 1.82) is 0 Å². The third-order valence-corrected chi connectivity index (χ3v) is 3.83. The van der Waals surface area contributed by atoms with Crippen LogP contribution in [0, 0.1) is 6.92 Å². The second kappa shape index (κ2) is 4.40. The highest BCUT2D eigenvalue weighted by atomic mass is 35.5. The Bertz CT molecular complexity index is 649. The van der Waals surface area contributed by atoms with Gasteiger partial charge in [0, 0.05) is 11.3 Å². The maximum absolute atomic E-state index is 11.4. The number of nitrogens with one attached hydrogen (secondary N) is 1. The summed E-state index contributed by atoms with van der Waals surface area (Å²) in [4.78, 5) is 11.4. The van der Waals surface area contributed by atoms with Crippen molar-refractivity contribution < 1.29 is 14.3 Å². The van der Waals surface area contributed by atoms with Crippen molar-refractivity contribution in [3.63, 3.8) is 0 Å². The molecule has 3 rings (SSSR count). The largest absolute Gasteiger partial charge is 0.466 e. The molecule has 19 heavy (non-hydrogen) atoms. The summed E-state index contributed by atoms with van der Waals surface area (Å²) >= 11 is 6.28.